The lowest BCUT2D eigenvalue weighted by atomic mass is 10.1. The highest BCUT2D eigenvalue weighted by molar-refractivity contribution is 7.91. The number of sulfone groups is 2. The van der Waals surface area contributed by atoms with Gasteiger partial charge in [-0.15, -0.1) is 0 Å². The van der Waals surface area contributed by atoms with Gasteiger partial charge in [-0.2, -0.15) is 0 Å². The molecule has 0 unspecified atom stereocenters. The van der Waals surface area contributed by atoms with Gasteiger partial charge in [-0.3, -0.25) is 0 Å². The Morgan fingerprint density at radius 1 is 1.09 bits per heavy atom. The van der Waals surface area contributed by atoms with Gasteiger partial charge >= 0.3 is 6.03 Å². The molecule has 2 fully saturated rings. The van der Waals surface area contributed by atoms with Gasteiger partial charge in [0.25, 0.3) is 0 Å². The second-order valence-corrected chi connectivity index (χ2v) is 11.1. The molecule has 128 valence electrons. The number of rotatable bonds is 4. The van der Waals surface area contributed by atoms with Crippen molar-refractivity contribution in [2.45, 2.75) is 38.8 Å². The van der Waals surface area contributed by atoms with Gasteiger partial charge in [-0.1, -0.05) is 13.8 Å². The Kier molecular flexibility index (Phi) is 5.06. The first-order chi connectivity index (χ1) is 10.1. The maximum Gasteiger partial charge on any atom is 0.317 e. The average Bonchev–Trinajstić information content (AvgIpc) is 2.88. The summed E-state index contributed by atoms with van der Waals surface area (Å²) in [6, 6.07) is -1.03. The average molecular weight is 352 g/mol. The van der Waals surface area contributed by atoms with Gasteiger partial charge in [0.2, 0.25) is 0 Å². The number of hydrogen-bond donors (Lipinski definition) is 1. The van der Waals surface area contributed by atoms with Crippen LogP contribution < -0.4 is 5.32 Å². The highest BCUT2D eigenvalue weighted by atomic mass is 32.2. The number of urea groups is 1. The number of amides is 2. The molecule has 9 heteroatoms. The summed E-state index contributed by atoms with van der Waals surface area (Å²) in [5.74, 6) is 0.381. The molecule has 2 aliphatic rings. The van der Waals surface area contributed by atoms with Gasteiger partial charge in [-0.05, 0) is 18.8 Å². The summed E-state index contributed by atoms with van der Waals surface area (Å²) in [4.78, 5) is 14.0. The van der Waals surface area contributed by atoms with E-state index in [1.165, 1.54) is 0 Å². The molecule has 2 amide bonds. The van der Waals surface area contributed by atoms with Crippen LogP contribution in [0.2, 0.25) is 0 Å². The summed E-state index contributed by atoms with van der Waals surface area (Å²) >= 11 is 0. The minimum atomic E-state index is -3.07. The lowest BCUT2D eigenvalue weighted by Gasteiger charge is -2.31. The molecule has 0 aromatic heterocycles. The molecule has 22 heavy (non-hydrogen) atoms. The Hall–Kier alpha value is -0.830. The Labute approximate surface area is 132 Å². The number of carbonyl (C=O) groups is 1. The molecule has 0 bridgehead atoms. The fraction of sp³-hybridized carbons (Fsp3) is 0.923. The first-order valence-corrected chi connectivity index (χ1v) is 11.2. The largest absolute Gasteiger partial charge is 0.334 e. The van der Waals surface area contributed by atoms with Gasteiger partial charge in [0.05, 0.1) is 23.0 Å². The third-order valence-electron chi connectivity index (χ3n) is 4.03. The Bertz CT molecular complexity index is 627. The van der Waals surface area contributed by atoms with E-state index in [-0.39, 0.29) is 47.0 Å². The molecule has 0 aromatic carbocycles. The monoisotopic (exact) mass is 352 g/mol. The number of hydrogen-bond acceptors (Lipinski definition) is 5. The van der Waals surface area contributed by atoms with Crippen LogP contribution >= 0.6 is 0 Å². The zero-order chi connectivity index (χ0) is 16.5. The minimum absolute atomic E-state index is 0.00386. The second kappa shape index (κ2) is 6.35. The quantitative estimate of drug-likeness (QED) is 0.769. The molecule has 2 atom stereocenters. The molecular formula is C13H24N2O5S2. The SMILES string of the molecule is CC(C)CN(C(=O)N[C@@H]1CCS(=O)(=O)C1)[C@@H]1CCS(=O)(=O)C1. The second-order valence-electron chi connectivity index (χ2n) is 6.65. The molecule has 2 rings (SSSR count). The third kappa shape index (κ3) is 4.58. The van der Waals surface area contributed by atoms with E-state index >= 15 is 0 Å². The molecule has 0 saturated carbocycles. The van der Waals surface area contributed by atoms with Gasteiger partial charge in [0.15, 0.2) is 19.7 Å². The van der Waals surface area contributed by atoms with E-state index in [1.54, 1.807) is 4.90 Å². The summed E-state index contributed by atoms with van der Waals surface area (Å²) in [6.45, 7) is 4.39. The summed E-state index contributed by atoms with van der Waals surface area (Å²) in [6.07, 6.45) is 0.873. The zero-order valence-corrected chi connectivity index (χ0v) is 14.6. The fourth-order valence-electron chi connectivity index (χ4n) is 2.98. The minimum Gasteiger partial charge on any atom is -0.334 e. The van der Waals surface area contributed by atoms with Crippen molar-refractivity contribution in [3.05, 3.63) is 0 Å². The lowest BCUT2D eigenvalue weighted by molar-refractivity contribution is 0.168. The van der Waals surface area contributed by atoms with Crippen LogP contribution in [0, 0.1) is 5.92 Å². The van der Waals surface area contributed by atoms with Crippen LogP contribution in [0.15, 0.2) is 0 Å². The van der Waals surface area contributed by atoms with Crippen LogP contribution in [0.25, 0.3) is 0 Å². The highest BCUT2D eigenvalue weighted by Gasteiger charge is 2.36. The first kappa shape index (κ1) is 17.5. The predicted molar refractivity (Wildman–Crippen MR) is 84.2 cm³/mol. The molecule has 2 heterocycles. The van der Waals surface area contributed by atoms with Gasteiger partial charge in [-0.25, -0.2) is 21.6 Å². The van der Waals surface area contributed by atoms with Crippen molar-refractivity contribution < 1.29 is 21.6 Å². The van der Waals surface area contributed by atoms with E-state index in [1.807, 2.05) is 13.8 Å². The topological polar surface area (TPSA) is 101 Å². The highest BCUT2D eigenvalue weighted by Crippen LogP contribution is 2.20. The molecule has 2 saturated heterocycles. The lowest BCUT2D eigenvalue weighted by Crippen LogP contribution is -2.51. The van der Waals surface area contributed by atoms with Gasteiger partial charge in [0.1, 0.15) is 0 Å². The van der Waals surface area contributed by atoms with Crippen LogP contribution in [0.3, 0.4) is 0 Å². The number of nitrogens with one attached hydrogen (secondary N) is 1. The molecular weight excluding hydrogens is 328 g/mol. The van der Waals surface area contributed by atoms with Crippen molar-refractivity contribution in [1.82, 2.24) is 10.2 Å². The van der Waals surface area contributed by atoms with Crippen LogP contribution in [0.4, 0.5) is 4.79 Å². The van der Waals surface area contributed by atoms with E-state index in [2.05, 4.69) is 5.32 Å². The van der Waals surface area contributed by atoms with Crippen LogP contribution in [0.5, 0.6) is 0 Å². The van der Waals surface area contributed by atoms with E-state index in [0.717, 1.165) is 0 Å². The summed E-state index contributed by atoms with van der Waals surface area (Å²) in [7, 11) is -6.13. The van der Waals surface area contributed by atoms with Crippen molar-refractivity contribution >= 4 is 25.7 Å². The normalized spacial score (nSPS) is 29.6. The standard InChI is InChI=1S/C13H24N2O5S2/c1-10(2)7-15(12-4-6-22(19,20)9-12)13(16)14-11-3-5-21(17,18)8-11/h10-12H,3-9H2,1-2H3,(H,14,16)/t11-,12-/m1/s1. The number of nitrogens with zero attached hydrogens (tertiary/aromatic N) is 1. The van der Waals surface area contributed by atoms with E-state index in [9.17, 15) is 21.6 Å². The zero-order valence-electron chi connectivity index (χ0n) is 13.0. The predicted octanol–water partition coefficient (Wildman–Crippen LogP) is 0.0282. The van der Waals surface area contributed by atoms with Gasteiger partial charge < -0.3 is 10.2 Å². The molecule has 0 radical (unpaired) electrons. The number of carbonyl (C=O) groups excluding carboxylic acids is 1. The first-order valence-electron chi connectivity index (χ1n) is 7.56. The van der Waals surface area contributed by atoms with Crippen molar-refractivity contribution in [3.63, 3.8) is 0 Å². The molecule has 0 aliphatic carbocycles. The van der Waals surface area contributed by atoms with Crippen LogP contribution in [-0.2, 0) is 19.7 Å². The molecule has 1 N–H and O–H groups in total. The van der Waals surface area contributed by atoms with Gasteiger partial charge in [0, 0.05) is 18.6 Å². The summed E-state index contributed by atoms with van der Waals surface area (Å²) in [5.41, 5.74) is 0. The maximum atomic E-state index is 12.5. The van der Waals surface area contributed by atoms with E-state index in [4.69, 9.17) is 0 Å². The Balaban J connectivity index is 2.04. The summed E-state index contributed by atoms with van der Waals surface area (Å²) in [5, 5.41) is 2.76. The van der Waals surface area contributed by atoms with E-state index < -0.39 is 19.7 Å². The summed E-state index contributed by atoms with van der Waals surface area (Å²) < 4.78 is 46.2. The smallest absolute Gasteiger partial charge is 0.317 e. The fourth-order valence-corrected chi connectivity index (χ4v) is 6.38. The maximum absolute atomic E-state index is 12.5. The Morgan fingerprint density at radius 2 is 1.68 bits per heavy atom. The van der Waals surface area contributed by atoms with Crippen LogP contribution in [0.1, 0.15) is 26.7 Å². The van der Waals surface area contributed by atoms with Crippen molar-refractivity contribution in [2.24, 2.45) is 5.92 Å². The van der Waals surface area contributed by atoms with Crippen molar-refractivity contribution in [2.75, 3.05) is 29.6 Å². The van der Waals surface area contributed by atoms with Crippen molar-refractivity contribution in [1.29, 1.82) is 0 Å². The van der Waals surface area contributed by atoms with E-state index in [0.29, 0.717) is 19.4 Å². The molecule has 0 aromatic rings. The molecule has 0 spiro atoms. The van der Waals surface area contributed by atoms with Crippen LogP contribution in [-0.4, -0.2) is 69.4 Å². The third-order valence-corrected chi connectivity index (χ3v) is 7.55. The Morgan fingerprint density at radius 3 is 2.14 bits per heavy atom. The molecule has 7 nitrogen and oxygen atoms in total. The van der Waals surface area contributed by atoms with Crippen molar-refractivity contribution in [3.8, 4) is 0 Å². The molecule has 2 aliphatic heterocycles.